The van der Waals surface area contributed by atoms with Crippen molar-refractivity contribution in [2.45, 2.75) is 108 Å². The zero-order valence-electron chi connectivity index (χ0n) is 29.8. The molecule has 11 heteroatoms. The van der Waals surface area contributed by atoms with Crippen molar-refractivity contribution in [1.82, 2.24) is 19.9 Å². The van der Waals surface area contributed by atoms with Crippen molar-refractivity contribution >= 4 is 17.8 Å². The van der Waals surface area contributed by atoms with Gasteiger partial charge in [0.25, 0.3) is 0 Å². The Morgan fingerprint density at radius 2 is 1.74 bits per heavy atom. The minimum Gasteiger partial charge on any atom is -0.495 e. The molecular weight excluding hydrogens is 634 g/mol. The zero-order valence-corrected chi connectivity index (χ0v) is 29.8. The Labute approximate surface area is 294 Å². The molecule has 0 radical (unpaired) electrons. The summed E-state index contributed by atoms with van der Waals surface area (Å²) in [4.78, 5) is 44.7. The maximum atomic E-state index is 14.6. The van der Waals surface area contributed by atoms with Crippen LogP contribution < -0.4 is 9.64 Å². The molecule has 7 rings (SSSR count). The molecule has 1 N–H and O–H groups in total. The Morgan fingerprint density at radius 1 is 1.00 bits per heavy atom. The smallest absolute Gasteiger partial charge is 0.407 e. The molecule has 2 amide bonds. The van der Waals surface area contributed by atoms with Crippen LogP contribution in [0.2, 0.25) is 0 Å². The molecule has 1 saturated heterocycles. The first kappa shape index (κ1) is 34.5. The lowest BCUT2D eigenvalue weighted by Gasteiger charge is -2.50. The van der Waals surface area contributed by atoms with Gasteiger partial charge in [-0.05, 0) is 121 Å². The molecule has 3 saturated carbocycles. The molecule has 1 unspecified atom stereocenters. The van der Waals surface area contributed by atoms with Gasteiger partial charge in [0.2, 0.25) is 5.91 Å². The molecule has 3 aromatic rings. The molecule has 50 heavy (non-hydrogen) atoms. The number of carbonyl (C=O) groups excluding carboxylic acids is 1. The van der Waals surface area contributed by atoms with Gasteiger partial charge in [-0.3, -0.25) is 19.6 Å². The van der Waals surface area contributed by atoms with Crippen LogP contribution in [0.4, 0.5) is 10.6 Å². The molecule has 268 valence electrons. The number of methoxy groups -OCH3 is 1. The van der Waals surface area contributed by atoms with Crippen LogP contribution in [0, 0.1) is 24.7 Å². The fourth-order valence-electron chi connectivity index (χ4n) is 8.82. The SMILES string of the molecule is COc1ccc(C2CCC(CN(C(=O)C3CCC(C4N(C(=O)O)CCOC4(C)C)CC3)c3cc(-c4coc(C5CC5)n4)ccn3)CC2)nc1C. The second-order valence-electron chi connectivity index (χ2n) is 15.4. The first-order chi connectivity index (χ1) is 24.1. The normalized spacial score (nSPS) is 26.7. The second kappa shape index (κ2) is 14.3. The topological polar surface area (TPSA) is 131 Å². The van der Waals surface area contributed by atoms with Crippen molar-refractivity contribution in [3.8, 4) is 17.0 Å². The lowest BCUT2D eigenvalue weighted by Crippen LogP contribution is -2.61. The number of carboxylic acid groups (broad SMARTS) is 1. The zero-order chi connectivity index (χ0) is 35.0. The number of carbonyl (C=O) groups is 2. The van der Waals surface area contributed by atoms with Gasteiger partial charge in [-0.25, -0.2) is 14.8 Å². The molecule has 3 aromatic heterocycles. The Hall–Kier alpha value is -3.99. The molecule has 1 aliphatic heterocycles. The van der Waals surface area contributed by atoms with Crippen LogP contribution >= 0.6 is 0 Å². The average Bonchev–Trinajstić information content (AvgIpc) is 3.85. The van der Waals surface area contributed by atoms with Gasteiger partial charge < -0.3 is 19.0 Å². The summed E-state index contributed by atoms with van der Waals surface area (Å²) in [7, 11) is 1.68. The number of anilines is 1. The number of morpholine rings is 1. The summed E-state index contributed by atoms with van der Waals surface area (Å²) in [5, 5.41) is 10.0. The number of amides is 2. The molecule has 4 aliphatic rings. The van der Waals surface area contributed by atoms with E-state index in [9.17, 15) is 14.7 Å². The molecule has 3 aliphatic carbocycles. The monoisotopic (exact) mass is 685 g/mol. The van der Waals surface area contributed by atoms with E-state index >= 15 is 0 Å². The van der Waals surface area contributed by atoms with Crippen molar-refractivity contribution in [2.75, 3.05) is 31.7 Å². The minimum atomic E-state index is -0.898. The standard InChI is InChI=1S/C39H51N5O6/c1-24-33(48-4)16-15-31(41-24)26-7-5-25(6-8-26)22-44(34-21-30(17-18-40-34)32-23-49-36(42-32)28-11-12-28)37(45)29-13-9-27(10-14-29)35-39(2,3)50-20-19-43(35)38(46)47/h15-18,21,23,25-29,35H,5-14,19-20,22H2,1-4H3,(H,46,47). The Kier molecular flexibility index (Phi) is 9.87. The number of pyridine rings is 2. The molecule has 1 atom stereocenters. The molecule has 0 aromatic carbocycles. The molecular formula is C39H51N5O6. The van der Waals surface area contributed by atoms with E-state index in [1.54, 1.807) is 24.5 Å². The van der Waals surface area contributed by atoms with E-state index in [0.717, 1.165) is 85.7 Å². The van der Waals surface area contributed by atoms with E-state index in [1.807, 2.05) is 43.9 Å². The van der Waals surface area contributed by atoms with Gasteiger partial charge in [-0.15, -0.1) is 0 Å². The summed E-state index contributed by atoms with van der Waals surface area (Å²) in [6, 6.07) is 7.79. The van der Waals surface area contributed by atoms with Crippen LogP contribution in [-0.4, -0.2) is 75.4 Å². The summed E-state index contributed by atoms with van der Waals surface area (Å²) < 4.78 is 17.3. The van der Waals surface area contributed by atoms with Gasteiger partial charge >= 0.3 is 6.09 Å². The number of hydrogen-bond acceptors (Lipinski definition) is 8. The van der Waals surface area contributed by atoms with Gasteiger partial charge in [0, 0.05) is 48.3 Å². The Morgan fingerprint density at radius 3 is 2.42 bits per heavy atom. The number of aromatic nitrogens is 3. The quantitative estimate of drug-likeness (QED) is 0.242. The van der Waals surface area contributed by atoms with Gasteiger partial charge in [0.15, 0.2) is 5.89 Å². The summed E-state index contributed by atoms with van der Waals surface area (Å²) in [6.07, 6.45) is 11.8. The Balaban J connectivity index is 1.08. The minimum absolute atomic E-state index is 0.107. The van der Waals surface area contributed by atoms with Crippen molar-refractivity contribution < 1.29 is 28.6 Å². The van der Waals surface area contributed by atoms with Crippen LogP contribution in [0.1, 0.15) is 107 Å². The first-order valence-corrected chi connectivity index (χ1v) is 18.5. The summed E-state index contributed by atoms with van der Waals surface area (Å²) in [6.45, 7) is 7.37. The van der Waals surface area contributed by atoms with Gasteiger partial charge in [0.05, 0.1) is 31.1 Å². The fraction of sp³-hybridized carbons (Fsp3) is 0.615. The third kappa shape index (κ3) is 7.24. The summed E-state index contributed by atoms with van der Waals surface area (Å²) in [5.74, 6) is 3.49. The van der Waals surface area contributed by atoms with E-state index < -0.39 is 11.7 Å². The maximum absolute atomic E-state index is 14.6. The van der Waals surface area contributed by atoms with Crippen LogP contribution in [0.25, 0.3) is 11.3 Å². The van der Waals surface area contributed by atoms with Crippen molar-refractivity contribution in [3.63, 3.8) is 0 Å². The molecule has 4 fully saturated rings. The van der Waals surface area contributed by atoms with Gasteiger partial charge in [0.1, 0.15) is 23.5 Å². The van der Waals surface area contributed by atoms with Crippen molar-refractivity contribution in [2.24, 2.45) is 17.8 Å². The molecule has 11 nitrogen and oxygen atoms in total. The van der Waals surface area contributed by atoms with E-state index in [4.69, 9.17) is 28.8 Å². The number of aryl methyl sites for hydroxylation is 1. The third-order valence-corrected chi connectivity index (χ3v) is 11.7. The third-order valence-electron chi connectivity index (χ3n) is 11.7. The lowest BCUT2D eigenvalue weighted by molar-refractivity contribution is -0.140. The summed E-state index contributed by atoms with van der Waals surface area (Å²) >= 11 is 0. The molecule has 0 spiro atoms. The highest BCUT2D eigenvalue weighted by molar-refractivity contribution is 5.94. The highest BCUT2D eigenvalue weighted by atomic mass is 16.5. The number of hydrogen-bond donors (Lipinski definition) is 1. The van der Waals surface area contributed by atoms with E-state index in [-0.39, 0.29) is 23.8 Å². The van der Waals surface area contributed by atoms with Crippen LogP contribution in [0.5, 0.6) is 5.75 Å². The predicted molar refractivity (Wildman–Crippen MR) is 188 cm³/mol. The number of ether oxygens (including phenoxy) is 2. The second-order valence-corrected chi connectivity index (χ2v) is 15.4. The number of rotatable bonds is 9. The van der Waals surface area contributed by atoms with Gasteiger partial charge in [-0.2, -0.15) is 0 Å². The van der Waals surface area contributed by atoms with E-state index in [1.165, 1.54) is 0 Å². The predicted octanol–water partition coefficient (Wildman–Crippen LogP) is 7.60. The van der Waals surface area contributed by atoms with Gasteiger partial charge in [-0.1, -0.05) is 0 Å². The average molecular weight is 686 g/mol. The lowest BCUT2D eigenvalue weighted by atomic mass is 9.73. The largest absolute Gasteiger partial charge is 0.495 e. The first-order valence-electron chi connectivity index (χ1n) is 18.5. The van der Waals surface area contributed by atoms with Crippen molar-refractivity contribution in [3.05, 3.63) is 54.0 Å². The number of nitrogens with zero attached hydrogens (tertiary/aromatic N) is 5. The van der Waals surface area contributed by atoms with Crippen LogP contribution in [0.15, 0.2) is 41.1 Å². The Bertz CT molecular complexity index is 1670. The van der Waals surface area contributed by atoms with E-state index in [0.29, 0.717) is 56.1 Å². The summed E-state index contributed by atoms with van der Waals surface area (Å²) in [5.41, 5.74) is 3.12. The van der Waals surface area contributed by atoms with Crippen molar-refractivity contribution in [1.29, 1.82) is 0 Å². The number of oxazole rings is 1. The van der Waals surface area contributed by atoms with Crippen LogP contribution in [-0.2, 0) is 9.53 Å². The highest BCUT2D eigenvalue weighted by Crippen LogP contribution is 2.43. The maximum Gasteiger partial charge on any atom is 0.407 e. The molecule has 0 bridgehead atoms. The highest BCUT2D eigenvalue weighted by Gasteiger charge is 2.47. The fourth-order valence-corrected chi connectivity index (χ4v) is 8.82. The van der Waals surface area contributed by atoms with E-state index in [2.05, 4.69) is 6.07 Å². The van der Waals surface area contributed by atoms with Crippen LogP contribution in [0.3, 0.4) is 0 Å². The molecule has 4 heterocycles.